The molecule has 5 nitrogen and oxygen atoms in total. The number of ether oxygens (including phenoxy) is 1. The van der Waals surface area contributed by atoms with Gasteiger partial charge in [-0.1, -0.05) is 15.9 Å². The van der Waals surface area contributed by atoms with Gasteiger partial charge in [-0.05, 0) is 0 Å². The molecule has 14 heavy (non-hydrogen) atoms. The number of carbonyl (C=O) groups is 1. The van der Waals surface area contributed by atoms with Crippen molar-refractivity contribution in [3.63, 3.8) is 0 Å². The van der Waals surface area contributed by atoms with E-state index in [0.717, 1.165) is 5.82 Å². The molecule has 6 heteroatoms. The van der Waals surface area contributed by atoms with Gasteiger partial charge in [0, 0.05) is 18.4 Å². The zero-order valence-corrected chi connectivity index (χ0v) is 9.27. The van der Waals surface area contributed by atoms with Crippen LogP contribution in [0.1, 0.15) is 0 Å². The molecule has 0 bridgehead atoms. The van der Waals surface area contributed by atoms with Crippen molar-refractivity contribution in [3.05, 3.63) is 12.3 Å². The molecule has 0 radical (unpaired) electrons. The van der Waals surface area contributed by atoms with Crippen molar-refractivity contribution in [1.29, 1.82) is 0 Å². The zero-order chi connectivity index (χ0) is 10.1. The summed E-state index contributed by atoms with van der Waals surface area (Å²) in [5, 5.41) is 4.66. The highest BCUT2D eigenvalue weighted by atomic mass is 79.9. The molecule has 0 aromatic carbocycles. The number of carbonyl (C=O) groups excluding carboxylic acids is 1. The van der Waals surface area contributed by atoms with Crippen LogP contribution in [0.4, 0.5) is 10.6 Å². The van der Waals surface area contributed by atoms with E-state index in [2.05, 4.69) is 21.0 Å². The number of alkyl halides is 1. The fraction of sp³-hybridized carbons (Fsp3) is 0.500. The highest BCUT2D eigenvalue weighted by Crippen LogP contribution is 2.20. The Labute approximate surface area is 89.8 Å². The molecule has 0 spiro atoms. The van der Waals surface area contributed by atoms with Gasteiger partial charge in [-0.3, -0.25) is 9.58 Å². The lowest BCUT2D eigenvalue weighted by Gasteiger charge is -2.11. The molecule has 1 aliphatic rings. The monoisotopic (exact) mass is 259 g/mol. The van der Waals surface area contributed by atoms with Gasteiger partial charge in [-0.15, -0.1) is 0 Å². The topological polar surface area (TPSA) is 47.4 Å². The number of cyclic esters (lactones) is 1. The molecule has 2 rings (SSSR count). The van der Waals surface area contributed by atoms with Crippen LogP contribution in [0.3, 0.4) is 0 Å². The summed E-state index contributed by atoms with van der Waals surface area (Å²) in [6.07, 6.45) is 1.28. The Kier molecular flexibility index (Phi) is 2.45. The van der Waals surface area contributed by atoms with Crippen molar-refractivity contribution in [2.24, 2.45) is 7.05 Å². The second-order valence-electron chi connectivity index (χ2n) is 3.08. The Morgan fingerprint density at radius 1 is 1.79 bits per heavy atom. The third kappa shape index (κ3) is 1.50. The lowest BCUT2D eigenvalue weighted by atomic mass is 10.4. The zero-order valence-electron chi connectivity index (χ0n) is 7.68. The Morgan fingerprint density at radius 3 is 3.07 bits per heavy atom. The molecule has 76 valence electrons. The standard InChI is InChI=1S/C8H10BrN3O2/c1-11-7(2-3-10-11)12-5-6(4-9)14-8(12)13/h2-3,6H,4-5H2,1H3. The quantitative estimate of drug-likeness (QED) is 0.749. The van der Waals surface area contributed by atoms with Crippen LogP contribution in [0.5, 0.6) is 0 Å². The molecule has 1 aromatic heterocycles. The van der Waals surface area contributed by atoms with Crippen LogP contribution < -0.4 is 4.90 Å². The number of hydrogen-bond acceptors (Lipinski definition) is 3. The Hall–Kier alpha value is -1.04. The van der Waals surface area contributed by atoms with Crippen LogP contribution in [-0.4, -0.2) is 33.9 Å². The molecule has 0 saturated carbocycles. The van der Waals surface area contributed by atoms with Gasteiger partial charge in [0.15, 0.2) is 0 Å². The minimum absolute atomic E-state index is 0.0719. The molecule has 1 fully saturated rings. The van der Waals surface area contributed by atoms with E-state index in [-0.39, 0.29) is 12.2 Å². The highest BCUT2D eigenvalue weighted by Gasteiger charge is 2.32. The third-order valence-corrected chi connectivity index (χ3v) is 2.84. The van der Waals surface area contributed by atoms with Gasteiger partial charge in [0.2, 0.25) is 0 Å². The lowest BCUT2D eigenvalue weighted by Crippen LogP contribution is -2.26. The summed E-state index contributed by atoms with van der Waals surface area (Å²) in [5.74, 6) is 0.762. The second-order valence-corrected chi connectivity index (χ2v) is 3.73. The summed E-state index contributed by atoms with van der Waals surface area (Å²) < 4.78 is 6.75. The number of hydrogen-bond donors (Lipinski definition) is 0. The second kappa shape index (κ2) is 3.61. The van der Waals surface area contributed by atoms with Gasteiger partial charge in [0.25, 0.3) is 0 Å². The molecule has 1 aromatic rings. The van der Waals surface area contributed by atoms with E-state index in [1.54, 1.807) is 28.9 Å². The first-order valence-electron chi connectivity index (χ1n) is 4.24. The Balaban J connectivity index is 2.20. The van der Waals surface area contributed by atoms with E-state index >= 15 is 0 Å². The van der Waals surface area contributed by atoms with Crippen molar-refractivity contribution in [2.75, 3.05) is 16.8 Å². The summed E-state index contributed by atoms with van der Waals surface area (Å²) in [6.45, 7) is 0.573. The van der Waals surface area contributed by atoms with Crippen LogP contribution in [0.15, 0.2) is 12.3 Å². The fourth-order valence-corrected chi connectivity index (χ4v) is 1.76. The third-order valence-electron chi connectivity index (χ3n) is 2.12. The van der Waals surface area contributed by atoms with Gasteiger partial charge in [0.1, 0.15) is 11.9 Å². The number of anilines is 1. The maximum Gasteiger partial charge on any atom is 0.415 e. The van der Waals surface area contributed by atoms with Crippen molar-refractivity contribution < 1.29 is 9.53 Å². The molecule has 1 unspecified atom stereocenters. The van der Waals surface area contributed by atoms with E-state index in [1.807, 2.05) is 0 Å². The smallest absolute Gasteiger partial charge is 0.415 e. The molecule has 1 saturated heterocycles. The number of nitrogens with zero attached hydrogens (tertiary/aromatic N) is 3. The molecular weight excluding hydrogens is 250 g/mol. The lowest BCUT2D eigenvalue weighted by molar-refractivity contribution is 0.152. The van der Waals surface area contributed by atoms with Crippen molar-refractivity contribution >= 4 is 27.8 Å². The maximum absolute atomic E-state index is 11.4. The SMILES string of the molecule is Cn1nccc1N1CC(CBr)OC1=O. The van der Waals surface area contributed by atoms with Crippen LogP contribution >= 0.6 is 15.9 Å². The molecular formula is C8H10BrN3O2. The Morgan fingerprint density at radius 2 is 2.57 bits per heavy atom. The van der Waals surface area contributed by atoms with Crippen LogP contribution in [0, 0.1) is 0 Å². The molecule has 1 amide bonds. The minimum atomic E-state index is -0.307. The van der Waals surface area contributed by atoms with Gasteiger partial charge in [0.05, 0.1) is 12.7 Å². The highest BCUT2D eigenvalue weighted by molar-refractivity contribution is 9.09. The summed E-state index contributed by atoms with van der Waals surface area (Å²) in [6, 6.07) is 1.79. The normalized spacial score (nSPS) is 21.4. The summed E-state index contributed by atoms with van der Waals surface area (Å²) in [5.41, 5.74) is 0. The van der Waals surface area contributed by atoms with Gasteiger partial charge in [-0.25, -0.2) is 4.79 Å². The van der Waals surface area contributed by atoms with Gasteiger partial charge < -0.3 is 4.74 Å². The number of aromatic nitrogens is 2. The molecule has 1 aliphatic heterocycles. The molecule has 1 atom stereocenters. The summed E-state index contributed by atoms with van der Waals surface area (Å²) >= 11 is 3.29. The van der Waals surface area contributed by atoms with Crippen LogP contribution in [0.25, 0.3) is 0 Å². The maximum atomic E-state index is 11.4. The Bertz CT molecular complexity index is 352. The van der Waals surface area contributed by atoms with Crippen molar-refractivity contribution in [1.82, 2.24) is 9.78 Å². The number of rotatable bonds is 2. The van der Waals surface area contributed by atoms with Gasteiger partial charge in [-0.2, -0.15) is 5.10 Å². The molecule has 0 N–H and O–H groups in total. The van der Waals surface area contributed by atoms with Gasteiger partial charge >= 0.3 is 6.09 Å². The first kappa shape index (κ1) is 9.51. The van der Waals surface area contributed by atoms with Crippen molar-refractivity contribution in [3.8, 4) is 0 Å². The first-order valence-corrected chi connectivity index (χ1v) is 5.36. The van der Waals surface area contributed by atoms with Crippen LogP contribution in [0.2, 0.25) is 0 Å². The predicted molar refractivity (Wildman–Crippen MR) is 54.6 cm³/mol. The summed E-state index contributed by atoms with van der Waals surface area (Å²) in [4.78, 5) is 13.0. The van der Waals surface area contributed by atoms with E-state index in [4.69, 9.17) is 4.74 Å². The number of aryl methyl sites for hydroxylation is 1. The molecule has 0 aliphatic carbocycles. The van der Waals surface area contributed by atoms with Crippen LogP contribution in [-0.2, 0) is 11.8 Å². The first-order chi connectivity index (χ1) is 6.72. The van der Waals surface area contributed by atoms with E-state index in [1.165, 1.54) is 0 Å². The fourth-order valence-electron chi connectivity index (χ4n) is 1.42. The minimum Gasteiger partial charge on any atom is -0.443 e. The van der Waals surface area contributed by atoms with E-state index in [0.29, 0.717) is 11.9 Å². The van der Waals surface area contributed by atoms with E-state index < -0.39 is 0 Å². The predicted octanol–water partition coefficient (Wildman–Crippen LogP) is 1.14. The average Bonchev–Trinajstić information content (AvgIpc) is 2.72. The largest absolute Gasteiger partial charge is 0.443 e. The summed E-state index contributed by atoms with van der Waals surface area (Å²) in [7, 11) is 1.80. The average molecular weight is 260 g/mol. The molecule has 2 heterocycles. The number of amides is 1. The van der Waals surface area contributed by atoms with Crippen molar-refractivity contribution in [2.45, 2.75) is 6.10 Å². The van der Waals surface area contributed by atoms with E-state index in [9.17, 15) is 4.79 Å². The number of halogens is 1.